The molecule has 0 bridgehead atoms. The second-order valence-electron chi connectivity index (χ2n) is 4.99. The number of hydrogen-bond acceptors (Lipinski definition) is 6. The molecule has 1 aromatic carbocycles. The van der Waals surface area contributed by atoms with Crippen LogP contribution in [-0.4, -0.2) is 50.7 Å². The molecule has 6 nitrogen and oxygen atoms in total. The Labute approximate surface area is 136 Å². The fraction of sp³-hybridized carbons (Fsp3) is 0.412. The van der Waals surface area contributed by atoms with E-state index in [-0.39, 0.29) is 13.2 Å². The van der Waals surface area contributed by atoms with Crippen LogP contribution in [0.5, 0.6) is 5.75 Å². The van der Waals surface area contributed by atoms with Gasteiger partial charge in [-0.2, -0.15) is 0 Å². The van der Waals surface area contributed by atoms with E-state index in [2.05, 4.69) is 0 Å². The third kappa shape index (κ3) is 5.50. The first-order chi connectivity index (χ1) is 11.0. The molecule has 1 rings (SSSR count). The highest BCUT2D eigenvalue weighted by atomic mass is 16.5. The molecule has 0 saturated heterocycles. The molecule has 0 fully saturated rings. The van der Waals surface area contributed by atoms with Crippen molar-refractivity contribution in [3.63, 3.8) is 0 Å². The van der Waals surface area contributed by atoms with Gasteiger partial charge in [-0.3, -0.25) is 9.69 Å². The van der Waals surface area contributed by atoms with Crippen LogP contribution in [0, 0.1) is 0 Å². The Bertz CT molecular complexity index is 538. The minimum atomic E-state index is -1.34. The SMILES string of the molecule is CCOC(=O)C=CC(C=O)(OCc1ccc(OC)cc1)N(C)C. The summed E-state index contributed by atoms with van der Waals surface area (Å²) >= 11 is 0. The quantitative estimate of drug-likeness (QED) is 0.299. The molecule has 0 amide bonds. The predicted molar refractivity (Wildman–Crippen MR) is 86.0 cm³/mol. The van der Waals surface area contributed by atoms with E-state index in [0.717, 1.165) is 11.3 Å². The van der Waals surface area contributed by atoms with Gasteiger partial charge in [-0.15, -0.1) is 0 Å². The van der Waals surface area contributed by atoms with Gasteiger partial charge in [0.05, 0.1) is 20.3 Å². The molecular weight excluding hydrogens is 298 g/mol. The molecule has 0 heterocycles. The minimum Gasteiger partial charge on any atom is -0.497 e. The Balaban J connectivity index is 2.84. The van der Waals surface area contributed by atoms with Crippen molar-refractivity contribution in [2.75, 3.05) is 27.8 Å². The maximum atomic E-state index is 11.6. The maximum Gasteiger partial charge on any atom is 0.330 e. The zero-order valence-electron chi connectivity index (χ0n) is 13.9. The van der Waals surface area contributed by atoms with E-state index in [1.54, 1.807) is 33.0 Å². The Morgan fingerprint density at radius 1 is 1.26 bits per heavy atom. The number of nitrogens with zero attached hydrogens (tertiary/aromatic N) is 1. The average molecular weight is 321 g/mol. The smallest absolute Gasteiger partial charge is 0.330 e. The second-order valence-corrected chi connectivity index (χ2v) is 4.99. The van der Waals surface area contributed by atoms with Gasteiger partial charge in [-0.1, -0.05) is 12.1 Å². The lowest BCUT2D eigenvalue weighted by Gasteiger charge is -2.31. The monoisotopic (exact) mass is 321 g/mol. The Morgan fingerprint density at radius 3 is 2.39 bits per heavy atom. The molecule has 0 radical (unpaired) electrons. The molecule has 0 aliphatic carbocycles. The summed E-state index contributed by atoms with van der Waals surface area (Å²) in [4.78, 5) is 24.6. The standard InChI is InChI=1S/C17H23NO5/c1-5-22-16(20)10-11-17(13-19,18(2)3)23-12-14-6-8-15(21-4)9-7-14/h6-11,13H,5,12H2,1-4H3. The van der Waals surface area contributed by atoms with Crippen LogP contribution < -0.4 is 4.74 Å². The summed E-state index contributed by atoms with van der Waals surface area (Å²) in [5.74, 6) is 0.221. The van der Waals surface area contributed by atoms with Gasteiger partial charge in [0.25, 0.3) is 0 Å². The third-order valence-corrected chi connectivity index (χ3v) is 3.24. The van der Waals surface area contributed by atoms with Gasteiger partial charge in [0.15, 0.2) is 12.0 Å². The first-order valence-corrected chi connectivity index (χ1v) is 7.24. The lowest BCUT2D eigenvalue weighted by atomic mass is 10.2. The van der Waals surface area contributed by atoms with Crippen molar-refractivity contribution in [1.82, 2.24) is 4.90 Å². The molecule has 0 aliphatic heterocycles. The van der Waals surface area contributed by atoms with E-state index >= 15 is 0 Å². The minimum absolute atomic E-state index is 0.202. The molecule has 23 heavy (non-hydrogen) atoms. The Hall–Kier alpha value is -2.18. The number of carbonyl (C=O) groups excluding carboxylic acids is 2. The van der Waals surface area contributed by atoms with Crippen LogP contribution >= 0.6 is 0 Å². The topological polar surface area (TPSA) is 65.1 Å². The lowest BCUT2D eigenvalue weighted by molar-refractivity contribution is -0.147. The van der Waals surface area contributed by atoms with Crippen LogP contribution in [-0.2, 0) is 25.7 Å². The molecule has 1 unspecified atom stereocenters. The van der Waals surface area contributed by atoms with Gasteiger partial charge >= 0.3 is 5.97 Å². The summed E-state index contributed by atoms with van der Waals surface area (Å²) in [5.41, 5.74) is -0.462. The molecule has 0 N–H and O–H groups in total. The number of likely N-dealkylation sites (N-methyl/N-ethyl adjacent to an activating group) is 1. The Morgan fingerprint density at radius 2 is 1.91 bits per heavy atom. The number of ether oxygens (including phenoxy) is 3. The highest BCUT2D eigenvalue weighted by molar-refractivity contribution is 5.83. The summed E-state index contributed by atoms with van der Waals surface area (Å²) in [6.07, 6.45) is 3.24. The molecule has 0 spiro atoms. The fourth-order valence-electron chi connectivity index (χ4n) is 1.80. The largest absolute Gasteiger partial charge is 0.497 e. The van der Waals surface area contributed by atoms with Gasteiger partial charge in [0.2, 0.25) is 0 Å². The van der Waals surface area contributed by atoms with E-state index in [9.17, 15) is 9.59 Å². The molecule has 0 saturated carbocycles. The number of methoxy groups -OCH3 is 1. The highest BCUT2D eigenvalue weighted by Crippen LogP contribution is 2.18. The number of rotatable bonds is 9. The molecule has 1 atom stereocenters. The first-order valence-electron chi connectivity index (χ1n) is 7.24. The lowest BCUT2D eigenvalue weighted by Crippen LogP contribution is -2.46. The number of benzene rings is 1. The molecule has 6 heteroatoms. The van der Waals surface area contributed by atoms with Crippen LogP contribution in [0.15, 0.2) is 36.4 Å². The van der Waals surface area contributed by atoms with Crippen molar-refractivity contribution in [1.29, 1.82) is 0 Å². The summed E-state index contributed by atoms with van der Waals surface area (Å²) in [5, 5.41) is 0. The molecule has 1 aromatic rings. The number of aldehydes is 1. The predicted octanol–water partition coefficient (Wildman–Crippen LogP) is 1.79. The van der Waals surface area contributed by atoms with Crippen LogP contribution in [0.1, 0.15) is 12.5 Å². The Kier molecular flexibility index (Phi) is 7.44. The number of hydrogen-bond donors (Lipinski definition) is 0. The molecular formula is C17H23NO5. The summed E-state index contributed by atoms with van der Waals surface area (Å²) in [6.45, 7) is 2.19. The van der Waals surface area contributed by atoms with Crippen LogP contribution in [0.2, 0.25) is 0 Å². The maximum absolute atomic E-state index is 11.6. The van der Waals surface area contributed by atoms with E-state index in [1.165, 1.54) is 12.2 Å². The van der Waals surface area contributed by atoms with Gasteiger partial charge in [0, 0.05) is 6.08 Å². The van der Waals surface area contributed by atoms with Crippen LogP contribution in [0.25, 0.3) is 0 Å². The van der Waals surface area contributed by atoms with Crippen molar-refractivity contribution in [3.8, 4) is 5.75 Å². The van der Waals surface area contributed by atoms with Crippen molar-refractivity contribution >= 4 is 12.3 Å². The second kappa shape index (κ2) is 9.07. The van der Waals surface area contributed by atoms with Crippen molar-refractivity contribution in [2.24, 2.45) is 0 Å². The molecule has 126 valence electrons. The molecule has 0 aliphatic rings. The summed E-state index contributed by atoms with van der Waals surface area (Å²) < 4.78 is 15.7. The van der Waals surface area contributed by atoms with Gasteiger partial charge in [0.1, 0.15) is 5.75 Å². The average Bonchev–Trinajstić information content (AvgIpc) is 2.56. The van der Waals surface area contributed by atoms with Gasteiger partial charge < -0.3 is 14.2 Å². The van der Waals surface area contributed by atoms with E-state index in [4.69, 9.17) is 14.2 Å². The summed E-state index contributed by atoms with van der Waals surface area (Å²) in [7, 11) is 4.98. The highest BCUT2D eigenvalue weighted by Gasteiger charge is 2.31. The van der Waals surface area contributed by atoms with Crippen molar-refractivity contribution in [2.45, 2.75) is 19.3 Å². The van der Waals surface area contributed by atoms with E-state index in [0.29, 0.717) is 6.29 Å². The summed E-state index contributed by atoms with van der Waals surface area (Å²) in [6, 6.07) is 7.31. The first kappa shape index (κ1) is 18.9. The normalized spacial score (nSPS) is 13.8. The fourth-order valence-corrected chi connectivity index (χ4v) is 1.80. The van der Waals surface area contributed by atoms with Crippen LogP contribution in [0.4, 0.5) is 0 Å². The van der Waals surface area contributed by atoms with Crippen molar-refractivity contribution in [3.05, 3.63) is 42.0 Å². The molecule has 0 aromatic heterocycles. The van der Waals surface area contributed by atoms with Crippen molar-refractivity contribution < 1.29 is 23.8 Å². The van der Waals surface area contributed by atoms with Gasteiger partial charge in [-0.25, -0.2) is 4.79 Å². The number of carbonyl (C=O) groups is 2. The van der Waals surface area contributed by atoms with E-state index < -0.39 is 11.7 Å². The zero-order chi connectivity index (χ0) is 17.3. The number of esters is 1. The zero-order valence-corrected chi connectivity index (χ0v) is 13.9. The third-order valence-electron chi connectivity index (χ3n) is 3.24. The van der Waals surface area contributed by atoms with Gasteiger partial charge in [-0.05, 0) is 44.8 Å². The van der Waals surface area contributed by atoms with Crippen LogP contribution in [0.3, 0.4) is 0 Å². The van der Waals surface area contributed by atoms with E-state index in [1.807, 2.05) is 24.3 Å².